The quantitative estimate of drug-likeness (QED) is 0.735. The number of nitrogens with zero attached hydrogens (tertiary/aromatic N) is 1. The normalized spacial score (nSPS) is 10.2. The lowest BCUT2D eigenvalue weighted by Gasteiger charge is -2.16. The molecule has 0 aliphatic heterocycles. The minimum Gasteiger partial charge on any atom is -0.482 e. The van der Waals surface area contributed by atoms with E-state index in [0.717, 1.165) is 23.4 Å². The first-order valence-corrected chi connectivity index (χ1v) is 7.66. The fourth-order valence-corrected chi connectivity index (χ4v) is 2.35. The summed E-state index contributed by atoms with van der Waals surface area (Å²) in [4.78, 5) is 47.9. The third kappa shape index (κ3) is 4.15. The molecule has 0 saturated carbocycles. The number of methoxy groups -OCH3 is 1. The van der Waals surface area contributed by atoms with Crippen LogP contribution < -0.4 is 15.9 Å². The average Bonchev–Trinajstić information content (AvgIpc) is 2.61. The molecule has 0 aliphatic rings. The number of nitrogens with two attached hydrogens (primary N) is 1. The van der Waals surface area contributed by atoms with E-state index in [2.05, 4.69) is 0 Å². The van der Waals surface area contributed by atoms with Gasteiger partial charge < -0.3 is 19.8 Å². The Bertz CT molecular complexity index is 902. The third-order valence-electron chi connectivity index (χ3n) is 3.50. The van der Waals surface area contributed by atoms with Gasteiger partial charge in [0.05, 0.1) is 13.7 Å². The van der Waals surface area contributed by atoms with Gasteiger partial charge in [-0.15, -0.1) is 0 Å². The standard InChI is InChI=1S/C18H18N2O6/c1-11(21)8-20-9-13(17(19)23)15(22)16(14(20)18(24)25-2)26-10-12-6-4-3-5-7-12/h3-7,9H,8,10H2,1-2H3,(H2,19,23). The topological polar surface area (TPSA) is 118 Å². The number of amides is 1. The molecule has 0 atom stereocenters. The van der Waals surface area contributed by atoms with Crippen LogP contribution >= 0.6 is 0 Å². The molecule has 0 saturated heterocycles. The Hall–Kier alpha value is -3.42. The lowest BCUT2D eigenvalue weighted by molar-refractivity contribution is -0.117. The first-order valence-electron chi connectivity index (χ1n) is 7.66. The number of hydrogen-bond donors (Lipinski definition) is 1. The molecule has 0 spiro atoms. The summed E-state index contributed by atoms with van der Waals surface area (Å²) in [5, 5.41) is 0. The summed E-state index contributed by atoms with van der Waals surface area (Å²) in [6.07, 6.45) is 1.06. The summed E-state index contributed by atoms with van der Waals surface area (Å²) in [5.74, 6) is -2.56. The predicted octanol–water partition coefficient (Wildman–Crippen LogP) is 0.902. The molecule has 1 aromatic heterocycles. The molecule has 1 aromatic carbocycles. The first-order chi connectivity index (χ1) is 12.3. The number of ketones is 1. The molecule has 0 bridgehead atoms. The second-order valence-corrected chi connectivity index (χ2v) is 5.51. The maximum atomic E-state index is 12.6. The van der Waals surface area contributed by atoms with Gasteiger partial charge in [-0.2, -0.15) is 0 Å². The van der Waals surface area contributed by atoms with E-state index >= 15 is 0 Å². The van der Waals surface area contributed by atoms with E-state index in [9.17, 15) is 19.2 Å². The van der Waals surface area contributed by atoms with Crippen LogP contribution in [-0.2, 0) is 22.7 Å². The van der Waals surface area contributed by atoms with Gasteiger partial charge >= 0.3 is 5.97 Å². The smallest absolute Gasteiger partial charge is 0.358 e. The summed E-state index contributed by atoms with van der Waals surface area (Å²) >= 11 is 0. The molecule has 0 aliphatic carbocycles. The zero-order chi connectivity index (χ0) is 19.3. The number of carbonyl (C=O) groups excluding carboxylic acids is 3. The number of ether oxygens (including phenoxy) is 2. The summed E-state index contributed by atoms with van der Waals surface area (Å²) < 4.78 is 11.4. The second kappa shape index (κ2) is 8.11. The zero-order valence-electron chi connectivity index (χ0n) is 14.4. The highest BCUT2D eigenvalue weighted by Crippen LogP contribution is 2.18. The van der Waals surface area contributed by atoms with Crippen molar-refractivity contribution < 1.29 is 23.9 Å². The van der Waals surface area contributed by atoms with Gasteiger partial charge in [-0.05, 0) is 12.5 Å². The highest BCUT2D eigenvalue weighted by molar-refractivity contribution is 5.96. The van der Waals surface area contributed by atoms with Crippen molar-refractivity contribution in [3.8, 4) is 5.75 Å². The Morgan fingerprint density at radius 3 is 2.35 bits per heavy atom. The van der Waals surface area contributed by atoms with Crippen molar-refractivity contribution in [3.05, 3.63) is 63.6 Å². The molecule has 8 nitrogen and oxygen atoms in total. The molecule has 136 valence electrons. The van der Waals surface area contributed by atoms with Gasteiger partial charge in [0.1, 0.15) is 18.0 Å². The van der Waals surface area contributed by atoms with E-state index in [1.807, 2.05) is 6.07 Å². The largest absolute Gasteiger partial charge is 0.482 e. The predicted molar refractivity (Wildman–Crippen MR) is 92.0 cm³/mol. The van der Waals surface area contributed by atoms with Crippen LogP contribution in [0.15, 0.2) is 41.3 Å². The van der Waals surface area contributed by atoms with E-state index in [0.29, 0.717) is 0 Å². The van der Waals surface area contributed by atoms with Crippen LogP contribution in [0.25, 0.3) is 0 Å². The molecular formula is C18H18N2O6. The van der Waals surface area contributed by atoms with Crippen molar-refractivity contribution in [1.29, 1.82) is 0 Å². The number of Topliss-reactive ketones (excluding diaryl/α,β-unsaturated/α-hetero) is 1. The minimum atomic E-state index is -0.992. The lowest BCUT2D eigenvalue weighted by atomic mass is 10.2. The number of rotatable bonds is 7. The Morgan fingerprint density at radius 1 is 1.15 bits per heavy atom. The number of benzene rings is 1. The lowest BCUT2D eigenvalue weighted by Crippen LogP contribution is -2.30. The first kappa shape index (κ1) is 18.9. The molecule has 1 amide bonds. The molecule has 0 unspecified atom stereocenters. The van der Waals surface area contributed by atoms with Crippen molar-refractivity contribution in [2.75, 3.05) is 7.11 Å². The van der Waals surface area contributed by atoms with Gasteiger partial charge in [-0.1, -0.05) is 30.3 Å². The van der Waals surface area contributed by atoms with Crippen LogP contribution in [0.4, 0.5) is 0 Å². The van der Waals surface area contributed by atoms with Gasteiger partial charge in [0.2, 0.25) is 5.43 Å². The Balaban J connectivity index is 2.62. The molecule has 26 heavy (non-hydrogen) atoms. The molecule has 2 aromatic rings. The molecular weight excluding hydrogens is 340 g/mol. The zero-order valence-corrected chi connectivity index (χ0v) is 14.4. The van der Waals surface area contributed by atoms with Gasteiger partial charge in [0, 0.05) is 6.20 Å². The molecule has 8 heteroatoms. The van der Waals surface area contributed by atoms with Crippen LogP contribution in [0.2, 0.25) is 0 Å². The summed E-state index contributed by atoms with van der Waals surface area (Å²) in [6, 6.07) is 8.92. The summed E-state index contributed by atoms with van der Waals surface area (Å²) in [5.41, 5.74) is 4.50. The van der Waals surface area contributed by atoms with Crippen LogP contribution in [0.1, 0.15) is 33.3 Å². The number of pyridine rings is 1. The summed E-state index contributed by atoms with van der Waals surface area (Å²) in [7, 11) is 1.13. The van der Waals surface area contributed by atoms with Gasteiger partial charge in [-0.3, -0.25) is 14.4 Å². The van der Waals surface area contributed by atoms with Gasteiger partial charge in [0.25, 0.3) is 5.91 Å². The Labute approximate surface area is 149 Å². The summed E-state index contributed by atoms with van der Waals surface area (Å²) in [6.45, 7) is 1.02. The number of aromatic nitrogens is 1. The fourth-order valence-electron chi connectivity index (χ4n) is 2.35. The van der Waals surface area contributed by atoms with Crippen molar-refractivity contribution in [1.82, 2.24) is 4.57 Å². The van der Waals surface area contributed by atoms with Gasteiger partial charge in [-0.25, -0.2) is 4.79 Å². The van der Waals surface area contributed by atoms with Crippen LogP contribution in [0, 0.1) is 0 Å². The highest BCUT2D eigenvalue weighted by atomic mass is 16.5. The molecule has 2 rings (SSSR count). The number of carbonyl (C=O) groups is 3. The number of hydrogen-bond acceptors (Lipinski definition) is 6. The van der Waals surface area contributed by atoms with Crippen molar-refractivity contribution >= 4 is 17.7 Å². The number of esters is 1. The maximum absolute atomic E-state index is 12.6. The van der Waals surface area contributed by atoms with E-state index in [-0.39, 0.29) is 30.2 Å². The monoisotopic (exact) mass is 358 g/mol. The minimum absolute atomic E-state index is 0.0254. The van der Waals surface area contributed by atoms with Crippen molar-refractivity contribution in [2.45, 2.75) is 20.1 Å². The Kier molecular flexibility index (Phi) is 5.90. The van der Waals surface area contributed by atoms with Gasteiger partial charge in [0.15, 0.2) is 11.4 Å². The van der Waals surface area contributed by atoms with Crippen LogP contribution in [0.5, 0.6) is 5.75 Å². The molecule has 2 N–H and O–H groups in total. The van der Waals surface area contributed by atoms with Crippen molar-refractivity contribution in [2.24, 2.45) is 5.73 Å². The molecule has 1 heterocycles. The van der Waals surface area contributed by atoms with E-state index < -0.39 is 23.1 Å². The van der Waals surface area contributed by atoms with Crippen LogP contribution in [-0.4, -0.2) is 29.3 Å². The van der Waals surface area contributed by atoms with E-state index in [1.165, 1.54) is 6.92 Å². The van der Waals surface area contributed by atoms with Crippen molar-refractivity contribution in [3.63, 3.8) is 0 Å². The Morgan fingerprint density at radius 2 is 1.81 bits per heavy atom. The van der Waals surface area contributed by atoms with E-state index in [4.69, 9.17) is 15.2 Å². The average molecular weight is 358 g/mol. The second-order valence-electron chi connectivity index (χ2n) is 5.51. The number of primary amides is 1. The molecule has 0 fully saturated rings. The fraction of sp³-hybridized carbons (Fsp3) is 0.222. The van der Waals surface area contributed by atoms with E-state index in [1.54, 1.807) is 24.3 Å². The highest BCUT2D eigenvalue weighted by Gasteiger charge is 2.26. The maximum Gasteiger partial charge on any atom is 0.358 e. The molecule has 0 radical (unpaired) electrons. The van der Waals surface area contributed by atoms with Crippen LogP contribution in [0.3, 0.4) is 0 Å². The SMILES string of the molecule is COC(=O)c1c(OCc2ccccc2)c(=O)c(C(N)=O)cn1CC(C)=O. The third-order valence-corrected chi connectivity index (χ3v) is 3.50.